The van der Waals surface area contributed by atoms with E-state index in [0.717, 1.165) is 36.6 Å². The van der Waals surface area contributed by atoms with Crippen LogP contribution in [0.2, 0.25) is 0 Å². The van der Waals surface area contributed by atoms with Gasteiger partial charge in [-0.05, 0) is 6.42 Å². The van der Waals surface area contributed by atoms with Gasteiger partial charge in [-0.3, -0.25) is 9.69 Å². The van der Waals surface area contributed by atoms with Crippen LogP contribution in [0.4, 0.5) is 10.6 Å². The van der Waals surface area contributed by atoms with Gasteiger partial charge in [0.1, 0.15) is 25.3 Å². The van der Waals surface area contributed by atoms with Gasteiger partial charge in [0, 0.05) is 25.2 Å². The highest BCUT2D eigenvalue weighted by atomic mass is 16.6. The van der Waals surface area contributed by atoms with E-state index in [9.17, 15) is 9.59 Å². The summed E-state index contributed by atoms with van der Waals surface area (Å²) >= 11 is 0. The molecule has 134 valence electrons. The van der Waals surface area contributed by atoms with Gasteiger partial charge in [0.15, 0.2) is 0 Å². The summed E-state index contributed by atoms with van der Waals surface area (Å²) in [5, 5.41) is 0. The lowest BCUT2D eigenvalue weighted by molar-refractivity contribution is -0.132. The Morgan fingerprint density at radius 2 is 1.96 bits per heavy atom. The van der Waals surface area contributed by atoms with Gasteiger partial charge in [-0.2, -0.15) is 0 Å². The molecule has 4 heterocycles. The number of anilines is 1. The molecule has 2 fully saturated rings. The number of amides is 2. The summed E-state index contributed by atoms with van der Waals surface area (Å²) < 4.78 is 10.3. The van der Waals surface area contributed by atoms with Crippen LogP contribution in [-0.2, 0) is 27.2 Å². The second kappa shape index (κ2) is 6.83. The molecule has 3 aliphatic heterocycles. The third kappa shape index (κ3) is 3.23. The van der Waals surface area contributed by atoms with E-state index in [4.69, 9.17) is 9.47 Å². The maximum absolute atomic E-state index is 12.5. The van der Waals surface area contributed by atoms with Crippen LogP contribution < -0.4 is 4.90 Å². The Balaban J connectivity index is 1.46. The lowest BCUT2D eigenvalue weighted by Crippen LogP contribution is -2.44. The van der Waals surface area contributed by atoms with Gasteiger partial charge in [-0.25, -0.2) is 14.8 Å². The lowest BCUT2D eigenvalue weighted by atomic mass is 10.0. The number of ether oxygens (including phenoxy) is 2. The van der Waals surface area contributed by atoms with Crippen LogP contribution in [0, 0.1) is 0 Å². The molecule has 0 radical (unpaired) electrons. The highest BCUT2D eigenvalue weighted by Crippen LogP contribution is 2.26. The smallest absolute Gasteiger partial charge is 0.410 e. The van der Waals surface area contributed by atoms with E-state index in [2.05, 4.69) is 14.9 Å². The number of hydrogen-bond donors (Lipinski definition) is 0. The number of rotatable bonds is 3. The van der Waals surface area contributed by atoms with E-state index >= 15 is 0 Å². The van der Waals surface area contributed by atoms with Crippen LogP contribution >= 0.6 is 0 Å². The number of aromatic nitrogens is 2. The first-order valence-electron chi connectivity index (χ1n) is 8.57. The second-order valence-corrected chi connectivity index (χ2v) is 6.32. The van der Waals surface area contributed by atoms with Crippen LogP contribution in [0.25, 0.3) is 0 Å². The Morgan fingerprint density at radius 3 is 2.72 bits per heavy atom. The normalized spacial score (nSPS) is 20.5. The average molecular weight is 347 g/mol. The molecule has 0 aromatic carbocycles. The van der Waals surface area contributed by atoms with Crippen molar-refractivity contribution >= 4 is 17.8 Å². The van der Waals surface area contributed by atoms with Crippen LogP contribution in [0.3, 0.4) is 0 Å². The first-order valence-corrected chi connectivity index (χ1v) is 8.57. The van der Waals surface area contributed by atoms with E-state index in [1.165, 1.54) is 4.90 Å². The van der Waals surface area contributed by atoms with Crippen LogP contribution in [-0.4, -0.2) is 84.3 Å². The predicted octanol–water partition coefficient (Wildman–Crippen LogP) is -0.350. The van der Waals surface area contributed by atoms with E-state index in [0.29, 0.717) is 39.5 Å². The Kier molecular flexibility index (Phi) is 4.39. The van der Waals surface area contributed by atoms with Gasteiger partial charge >= 0.3 is 6.09 Å². The van der Waals surface area contributed by atoms with Crippen molar-refractivity contribution in [3.8, 4) is 0 Å². The Labute approximate surface area is 145 Å². The summed E-state index contributed by atoms with van der Waals surface area (Å²) in [6.45, 7) is 5.01. The third-order valence-electron chi connectivity index (χ3n) is 4.82. The molecule has 9 heteroatoms. The molecule has 25 heavy (non-hydrogen) atoms. The van der Waals surface area contributed by atoms with Gasteiger partial charge in [0.25, 0.3) is 0 Å². The third-order valence-corrected chi connectivity index (χ3v) is 4.82. The summed E-state index contributed by atoms with van der Waals surface area (Å²) in [6.07, 6.45) is 1.87. The van der Waals surface area contributed by atoms with Crippen molar-refractivity contribution in [2.75, 3.05) is 57.4 Å². The quantitative estimate of drug-likeness (QED) is 0.738. The molecular weight excluding hydrogens is 326 g/mol. The van der Waals surface area contributed by atoms with E-state index < -0.39 is 6.09 Å². The Hall–Kier alpha value is -2.42. The van der Waals surface area contributed by atoms with E-state index in [1.807, 2.05) is 0 Å². The van der Waals surface area contributed by atoms with Crippen molar-refractivity contribution < 1.29 is 19.1 Å². The zero-order chi connectivity index (χ0) is 17.2. The lowest BCUT2D eigenvalue weighted by Gasteiger charge is -2.34. The molecule has 0 spiro atoms. The summed E-state index contributed by atoms with van der Waals surface area (Å²) in [4.78, 5) is 38.3. The van der Waals surface area contributed by atoms with Gasteiger partial charge < -0.3 is 19.3 Å². The summed E-state index contributed by atoms with van der Waals surface area (Å²) in [6, 6.07) is 0. The molecule has 2 saturated heterocycles. The monoisotopic (exact) mass is 347 g/mol. The predicted molar refractivity (Wildman–Crippen MR) is 87.1 cm³/mol. The minimum Gasteiger partial charge on any atom is -0.448 e. The number of cyclic esters (lactones) is 1. The molecule has 4 rings (SSSR count). The SMILES string of the molecule is O=C(CN1CCOC1=O)N1CCc2c(ncnc2N2CCOCC2)C1. The van der Waals surface area contributed by atoms with Crippen molar-refractivity contribution in [2.45, 2.75) is 13.0 Å². The van der Waals surface area contributed by atoms with E-state index in [-0.39, 0.29) is 12.5 Å². The van der Waals surface area contributed by atoms with Crippen LogP contribution in [0.5, 0.6) is 0 Å². The zero-order valence-corrected chi connectivity index (χ0v) is 14.0. The minimum atomic E-state index is -0.414. The molecule has 0 atom stereocenters. The number of carbonyl (C=O) groups excluding carboxylic acids is 2. The van der Waals surface area contributed by atoms with E-state index in [1.54, 1.807) is 11.2 Å². The molecule has 0 N–H and O–H groups in total. The largest absolute Gasteiger partial charge is 0.448 e. The molecule has 0 saturated carbocycles. The molecule has 2 amide bonds. The molecule has 9 nitrogen and oxygen atoms in total. The fourth-order valence-corrected chi connectivity index (χ4v) is 3.43. The molecule has 0 bridgehead atoms. The summed E-state index contributed by atoms with van der Waals surface area (Å²) in [5.41, 5.74) is 2.01. The summed E-state index contributed by atoms with van der Waals surface area (Å²) in [5.74, 6) is 0.888. The fourth-order valence-electron chi connectivity index (χ4n) is 3.43. The van der Waals surface area contributed by atoms with Crippen LogP contribution in [0.1, 0.15) is 11.3 Å². The number of morpholine rings is 1. The first-order chi connectivity index (χ1) is 12.2. The van der Waals surface area contributed by atoms with Crippen LogP contribution in [0.15, 0.2) is 6.33 Å². The standard InChI is InChI=1S/C16H21N5O4/c22-14(10-21-5-8-25-16(21)23)20-2-1-12-13(9-20)17-11-18-15(12)19-3-6-24-7-4-19/h11H,1-10H2. The minimum absolute atomic E-state index is 0.0651. The zero-order valence-electron chi connectivity index (χ0n) is 14.0. The maximum Gasteiger partial charge on any atom is 0.410 e. The Bertz CT molecular complexity index is 676. The summed E-state index contributed by atoms with van der Waals surface area (Å²) in [7, 11) is 0. The van der Waals surface area contributed by atoms with Crippen molar-refractivity contribution in [2.24, 2.45) is 0 Å². The number of carbonyl (C=O) groups is 2. The number of fused-ring (bicyclic) bond motifs is 1. The molecule has 0 aliphatic carbocycles. The van der Waals surface area contributed by atoms with Gasteiger partial charge in [0.2, 0.25) is 5.91 Å². The second-order valence-electron chi connectivity index (χ2n) is 6.32. The fraction of sp³-hybridized carbons (Fsp3) is 0.625. The molecule has 1 aromatic rings. The highest BCUT2D eigenvalue weighted by molar-refractivity contribution is 5.83. The maximum atomic E-state index is 12.5. The number of nitrogens with zero attached hydrogens (tertiary/aromatic N) is 5. The van der Waals surface area contributed by atoms with Crippen molar-refractivity contribution in [3.05, 3.63) is 17.6 Å². The van der Waals surface area contributed by atoms with Crippen molar-refractivity contribution in [1.29, 1.82) is 0 Å². The molecule has 0 unspecified atom stereocenters. The van der Waals surface area contributed by atoms with Gasteiger partial charge in [0.05, 0.1) is 32.0 Å². The molecular formula is C16H21N5O4. The molecule has 3 aliphatic rings. The van der Waals surface area contributed by atoms with Crippen molar-refractivity contribution in [1.82, 2.24) is 19.8 Å². The average Bonchev–Trinajstić information content (AvgIpc) is 3.06. The van der Waals surface area contributed by atoms with Crippen molar-refractivity contribution in [3.63, 3.8) is 0 Å². The highest BCUT2D eigenvalue weighted by Gasteiger charge is 2.30. The molecule has 1 aromatic heterocycles. The van der Waals surface area contributed by atoms with Gasteiger partial charge in [-0.15, -0.1) is 0 Å². The number of hydrogen-bond acceptors (Lipinski definition) is 7. The topological polar surface area (TPSA) is 88.1 Å². The van der Waals surface area contributed by atoms with Gasteiger partial charge in [-0.1, -0.05) is 0 Å². The Morgan fingerprint density at radius 1 is 1.12 bits per heavy atom. The first kappa shape index (κ1) is 16.1.